The number of piperidine rings is 1. The first kappa shape index (κ1) is 13.8. The molecule has 18 heavy (non-hydrogen) atoms. The number of phenolic OH excluding ortho intramolecular Hbond substituents is 1. The van der Waals surface area contributed by atoms with Crippen LogP contribution < -0.4 is 0 Å². The molecule has 0 aliphatic carbocycles. The Morgan fingerprint density at radius 2 is 2.06 bits per heavy atom. The molecule has 100 valence electrons. The van der Waals surface area contributed by atoms with Crippen LogP contribution in [0.2, 0.25) is 0 Å². The van der Waals surface area contributed by atoms with Crippen molar-refractivity contribution in [3.63, 3.8) is 0 Å². The summed E-state index contributed by atoms with van der Waals surface area (Å²) in [6.07, 6.45) is 1.90. The largest absolute Gasteiger partial charge is 0.508 e. The molecule has 2 N–H and O–H groups in total. The van der Waals surface area contributed by atoms with E-state index >= 15 is 0 Å². The van der Waals surface area contributed by atoms with E-state index in [1.54, 1.807) is 6.07 Å². The van der Waals surface area contributed by atoms with Gasteiger partial charge >= 0.3 is 0 Å². The van der Waals surface area contributed by atoms with Gasteiger partial charge < -0.3 is 10.2 Å². The predicted octanol–water partition coefficient (Wildman–Crippen LogP) is 2.75. The van der Waals surface area contributed by atoms with Crippen molar-refractivity contribution in [3.05, 3.63) is 28.2 Å². The molecule has 1 aliphatic rings. The highest BCUT2D eigenvalue weighted by molar-refractivity contribution is 9.10. The van der Waals surface area contributed by atoms with Gasteiger partial charge in [-0.1, -0.05) is 15.9 Å². The van der Waals surface area contributed by atoms with Crippen LogP contribution in [-0.2, 0) is 6.54 Å². The lowest BCUT2D eigenvalue weighted by Gasteiger charge is -2.33. The Balaban J connectivity index is 1.93. The molecule has 2 rings (SSSR count). The molecule has 4 heteroatoms. The van der Waals surface area contributed by atoms with Crippen LogP contribution in [0.1, 0.15) is 25.3 Å². The lowest BCUT2D eigenvalue weighted by Crippen LogP contribution is -2.36. The zero-order chi connectivity index (χ0) is 13.1. The number of nitrogens with zero attached hydrogens (tertiary/aromatic N) is 1. The Kier molecular flexibility index (Phi) is 4.65. The second-order valence-corrected chi connectivity index (χ2v) is 5.98. The van der Waals surface area contributed by atoms with Gasteiger partial charge in [-0.05, 0) is 62.5 Å². The van der Waals surface area contributed by atoms with Crippen LogP contribution in [0.15, 0.2) is 22.7 Å². The normalized spacial score (nSPS) is 19.9. The summed E-state index contributed by atoms with van der Waals surface area (Å²) in [4.78, 5) is 2.37. The van der Waals surface area contributed by atoms with Gasteiger partial charge in [-0.25, -0.2) is 0 Å². The van der Waals surface area contributed by atoms with Crippen molar-refractivity contribution < 1.29 is 10.2 Å². The monoisotopic (exact) mass is 313 g/mol. The van der Waals surface area contributed by atoms with E-state index in [9.17, 15) is 10.2 Å². The summed E-state index contributed by atoms with van der Waals surface area (Å²) in [5, 5.41) is 19.1. The van der Waals surface area contributed by atoms with Crippen LogP contribution in [0.3, 0.4) is 0 Å². The van der Waals surface area contributed by atoms with E-state index in [2.05, 4.69) is 20.8 Å². The molecule has 1 saturated heterocycles. The SMILES string of the molecule is CC(O)C1CCN(Cc2cc(O)ccc2Br)CC1. The molecule has 0 saturated carbocycles. The second-order valence-electron chi connectivity index (χ2n) is 5.13. The highest BCUT2D eigenvalue weighted by atomic mass is 79.9. The maximum atomic E-state index is 9.57. The van der Waals surface area contributed by atoms with Crippen molar-refractivity contribution in [3.8, 4) is 5.75 Å². The van der Waals surface area contributed by atoms with Gasteiger partial charge in [0.15, 0.2) is 0 Å². The van der Waals surface area contributed by atoms with Gasteiger partial charge in [-0.3, -0.25) is 4.90 Å². The number of hydrogen-bond donors (Lipinski definition) is 2. The molecule has 0 radical (unpaired) electrons. The summed E-state index contributed by atoms with van der Waals surface area (Å²) in [6, 6.07) is 5.38. The fourth-order valence-corrected chi connectivity index (χ4v) is 2.89. The fraction of sp³-hybridized carbons (Fsp3) is 0.571. The summed E-state index contributed by atoms with van der Waals surface area (Å²) in [5.74, 6) is 0.751. The Morgan fingerprint density at radius 1 is 1.39 bits per heavy atom. The molecule has 0 spiro atoms. The van der Waals surface area contributed by atoms with E-state index in [1.807, 2.05) is 19.1 Å². The molecule has 0 bridgehead atoms. The summed E-state index contributed by atoms with van der Waals surface area (Å²) >= 11 is 3.51. The minimum atomic E-state index is -0.195. The summed E-state index contributed by atoms with van der Waals surface area (Å²) in [5.41, 5.74) is 1.12. The molecule has 1 unspecified atom stereocenters. The third-order valence-corrected chi connectivity index (χ3v) is 4.51. The van der Waals surface area contributed by atoms with E-state index in [0.29, 0.717) is 11.7 Å². The summed E-state index contributed by atoms with van der Waals surface area (Å²) in [7, 11) is 0. The Bertz CT molecular complexity index is 401. The number of rotatable bonds is 3. The number of phenols is 1. The van der Waals surface area contributed by atoms with E-state index < -0.39 is 0 Å². The molecule has 0 amide bonds. The number of hydrogen-bond acceptors (Lipinski definition) is 3. The molecular weight excluding hydrogens is 294 g/mol. The molecule has 1 aromatic carbocycles. The maximum absolute atomic E-state index is 9.57. The standard InChI is InChI=1S/C14H20BrNO2/c1-10(17)11-4-6-16(7-5-11)9-12-8-13(18)2-3-14(12)15/h2-3,8,10-11,17-18H,4-7,9H2,1H3. The van der Waals surface area contributed by atoms with Gasteiger partial charge in [0.05, 0.1) is 6.10 Å². The number of benzene rings is 1. The third kappa shape index (κ3) is 3.46. The van der Waals surface area contributed by atoms with Crippen LogP contribution in [0, 0.1) is 5.92 Å². The molecule has 1 heterocycles. The number of halogens is 1. The highest BCUT2D eigenvalue weighted by Gasteiger charge is 2.22. The Labute approximate surface area is 117 Å². The van der Waals surface area contributed by atoms with Gasteiger partial charge in [-0.2, -0.15) is 0 Å². The van der Waals surface area contributed by atoms with Crippen LogP contribution in [0.25, 0.3) is 0 Å². The first-order valence-electron chi connectivity index (χ1n) is 6.44. The van der Waals surface area contributed by atoms with Gasteiger partial charge in [0.2, 0.25) is 0 Å². The highest BCUT2D eigenvalue weighted by Crippen LogP contribution is 2.26. The topological polar surface area (TPSA) is 43.7 Å². The zero-order valence-electron chi connectivity index (χ0n) is 10.6. The number of aliphatic hydroxyl groups is 1. The smallest absolute Gasteiger partial charge is 0.115 e. The van der Waals surface area contributed by atoms with Crippen molar-refractivity contribution in [2.24, 2.45) is 5.92 Å². The van der Waals surface area contributed by atoms with Crippen LogP contribution in [0.4, 0.5) is 0 Å². The minimum absolute atomic E-state index is 0.195. The van der Waals surface area contributed by atoms with Crippen molar-refractivity contribution in [2.45, 2.75) is 32.4 Å². The van der Waals surface area contributed by atoms with E-state index in [0.717, 1.165) is 42.5 Å². The van der Waals surface area contributed by atoms with Crippen LogP contribution in [0.5, 0.6) is 5.75 Å². The second kappa shape index (κ2) is 6.04. The van der Waals surface area contributed by atoms with Crippen molar-refractivity contribution >= 4 is 15.9 Å². The average molecular weight is 314 g/mol. The van der Waals surface area contributed by atoms with Crippen molar-refractivity contribution in [1.82, 2.24) is 4.90 Å². The molecule has 1 fully saturated rings. The average Bonchev–Trinajstić information content (AvgIpc) is 2.34. The molecule has 1 atom stereocenters. The van der Waals surface area contributed by atoms with Crippen LogP contribution >= 0.6 is 15.9 Å². The lowest BCUT2D eigenvalue weighted by atomic mass is 9.92. The first-order chi connectivity index (χ1) is 8.56. The first-order valence-corrected chi connectivity index (χ1v) is 7.23. The molecule has 0 aromatic heterocycles. The minimum Gasteiger partial charge on any atom is -0.508 e. The number of aromatic hydroxyl groups is 1. The van der Waals surface area contributed by atoms with E-state index in [1.165, 1.54) is 0 Å². The van der Waals surface area contributed by atoms with Crippen LogP contribution in [-0.4, -0.2) is 34.3 Å². The fourth-order valence-electron chi connectivity index (χ4n) is 2.52. The van der Waals surface area contributed by atoms with Gasteiger partial charge in [-0.15, -0.1) is 0 Å². The van der Waals surface area contributed by atoms with Gasteiger partial charge in [0.1, 0.15) is 5.75 Å². The molecule has 1 aromatic rings. The van der Waals surface area contributed by atoms with E-state index in [-0.39, 0.29) is 6.10 Å². The summed E-state index contributed by atoms with van der Waals surface area (Å²) in [6.45, 7) is 4.75. The third-order valence-electron chi connectivity index (χ3n) is 3.74. The molecule has 3 nitrogen and oxygen atoms in total. The maximum Gasteiger partial charge on any atom is 0.115 e. The van der Waals surface area contributed by atoms with Crippen molar-refractivity contribution in [2.75, 3.05) is 13.1 Å². The van der Waals surface area contributed by atoms with Crippen molar-refractivity contribution in [1.29, 1.82) is 0 Å². The summed E-state index contributed by atoms with van der Waals surface area (Å²) < 4.78 is 1.04. The molecular formula is C14H20BrNO2. The quantitative estimate of drug-likeness (QED) is 0.902. The zero-order valence-corrected chi connectivity index (χ0v) is 12.2. The lowest BCUT2D eigenvalue weighted by molar-refractivity contribution is 0.0694. The number of likely N-dealkylation sites (tertiary alicyclic amines) is 1. The van der Waals surface area contributed by atoms with Gasteiger partial charge in [0.25, 0.3) is 0 Å². The Morgan fingerprint density at radius 3 is 2.67 bits per heavy atom. The predicted molar refractivity (Wildman–Crippen MR) is 75.5 cm³/mol. The molecule has 1 aliphatic heterocycles. The number of aliphatic hydroxyl groups excluding tert-OH is 1. The van der Waals surface area contributed by atoms with Gasteiger partial charge in [0, 0.05) is 11.0 Å². The van der Waals surface area contributed by atoms with E-state index in [4.69, 9.17) is 0 Å². The Hall–Kier alpha value is -0.580.